The first kappa shape index (κ1) is 19.5. The largest absolute Gasteiger partial charge is 0.379 e. The summed E-state index contributed by atoms with van der Waals surface area (Å²) >= 11 is 11.9. The monoisotopic (exact) mass is 425 g/mol. The summed E-state index contributed by atoms with van der Waals surface area (Å²) in [6, 6.07) is 13.1. The molecular formula is C18H17Cl2N3O3S. The highest BCUT2D eigenvalue weighted by Gasteiger charge is 2.24. The molecular weight excluding hydrogens is 409 g/mol. The molecule has 0 aliphatic heterocycles. The lowest BCUT2D eigenvalue weighted by atomic mass is 10.2. The molecule has 0 aliphatic rings. The van der Waals surface area contributed by atoms with Crippen LogP contribution in [0.5, 0.6) is 0 Å². The minimum Gasteiger partial charge on any atom is -0.379 e. The first-order valence-electron chi connectivity index (χ1n) is 7.97. The van der Waals surface area contributed by atoms with Crippen molar-refractivity contribution in [2.75, 3.05) is 16.7 Å². The summed E-state index contributed by atoms with van der Waals surface area (Å²) in [5, 5.41) is 7.56. The first-order valence-corrected chi connectivity index (χ1v) is 10.2. The van der Waals surface area contributed by atoms with E-state index < -0.39 is 10.0 Å². The lowest BCUT2D eigenvalue weighted by molar-refractivity contribution is 0.391. The Morgan fingerprint density at radius 1 is 1.11 bits per heavy atom. The van der Waals surface area contributed by atoms with E-state index in [1.54, 1.807) is 24.3 Å². The second-order valence-corrected chi connectivity index (χ2v) is 8.66. The number of sulfonamides is 1. The van der Waals surface area contributed by atoms with Gasteiger partial charge < -0.3 is 9.84 Å². The predicted molar refractivity (Wildman–Crippen MR) is 107 cm³/mol. The minimum absolute atomic E-state index is 0.000305. The standard InChI is InChI=1S/C18H17Cl2N3O3S/c1-12-9-15(22-26-12)11-21-14-4-6-16(7-5-14)23(2)27(24,25)18-8-3-13(19)10-17(18)20/h3-10,21H,11H2,1-2H3. The average molecular weight is 426 g/mol. The van der Waals surface area contributed by atoms with Gasteiger partial charge in [0.05, 0.1) is 17.3 Å². The number of nitrogens with one attached hydrogen (secondary N) is 1. The third kappa shape index (κ3) is 4.37. The Hall–Kier alpha value is -2.22. The SMILES string of the molecule is Cc1cc(CNc2ccc(N(C)S(=O)(=O)c3ccc(Cl)cc3Cl)cc2)no1. The van der Waals surface area contributed by atoms with Crippen LogP contribution >= 0.6 is 23.2 Å². The lowest BCUT2D eigenvalue weighted by Gasteiger charge is -2.20. The van der Waals surface area contributed by atoms with Crippen molar-refractivity contribution >= 4 is 44.6 Å². The second-order valence-electron chi connectivity index (χ2n) is 5.88. The van der Waals surface area contributed by atoms with Crippen molar-refractivity contribution in [3.8, 4) is 0 Å². The number of nitrogens with zero attached hydrogens (tertiary/aromatic N) is 2. The summed E-state index contributed by atoms with van der Waals surface area (Å²) in [5.74, 6) is 0.745. The van der Waals surface area contributed by atoms with Crippen LogP contribution in [0.2, 0.25) is 10.0 Å². The molecule has 0 fully saturated rings. The highest BCUT2D eigenvalue weighted by molar-refractivity contribution is 7.93. The number of halogens is 2. The van der Waals surface area contributed by atoms with E-state index in [1.165, 1.54) is 29.6 Å². The summed E-state index contributed by atoms with van der Waals surface area (Å²) in [4.78, 5) is -0.000305. The van der Waals surface area contributed by atoms with Crippen molar-refractivity contribution in [2.24, 2.45) is 0 Å². The van der Waals surface area contributed by atoms with Gasteiger partial charge in [0.1, 0.15) is 16.3 Å². The van der Waals surface area contributed by atoms with E-state index >= 15 is 0 Å². The average Bonchev–Trinajstić information content (AvgIpc) is 3.05. The topological polar surface area (TPSA) is 75.4 Å². The van der Waals surface area contributed by atoms with Crippen molar-refractivity contribution in [1.29, 1.82) is 0 Å². The maximum Gasteiger partial charge on any atom is 0.265 e. The van der Waals surface area contributed by atoms with Gasteiger partial charge >= 0.3 is 0 Å². The van der Waals surface area contributed by atoms with Crippen LogP contribution in [0.25, 0.3) is 0 Å². The molecule has 0 unspecified atom stereocenters. The Morgan fingerprint density at radius 3 is 2.41 bits per heavy atom. The molecule has 0 saturated carbocycles. The molecule has 0 radical (unpaired) electrons. The van der Waals surface area contributed by atoms with Gasteiger partial charge in [0.15, 0.2) is 0 Å². The highest BCUT2D eigenvalue weighted by atomic mass is 35.5. The Kier molecular flexibility index (Phi) is 5.64. The van der Waals surface area contributed by atoms with Crippen LogP contribution in [0.15, 0.2) is 57.9 Å². The van der Waals surface area contributed by atoms with Gasteiger partial charge in [-0.05, 0) is 49.4 Å². The third-order valence-electron chi connectivity index (χ3n) is 3.91. The molecule has 2 aromatic carbocycles. The van der Waals surface area contributed by atoms with Crippen LogP contribution in [0.3, 0.4) is 0 Å². The van der Waals surface area contributed by atoms with E-state index in [-0.39, 0.29) is 9.92 Å². The number of aryl methyl sites for hydroxylation is 1. The van der Waals surface area contributed by atoms with Gasteiger partial charge in [0.2, 0.25) is 0 Å². The summed E-state index contributed by atoms with van der Waals surface area (Å²) in [7, 11) is -2.33. The smallest absolute Gasteiger partial charge is 0.265 e. The van der Waals surface area contributed by atoms with Crippen LogP contribution in [-0.2, 0) is 16.6 Å². The molecule has 1 aromatic heterocycles. The van der Waals surface area contributed by atoms with Gasteiger partial charge in [0, 0.05) is 23.8 Å². The zero-order valence-corrected chi connectivity index (χ0v) is 16.9. The van der Waals surface area contributed by atoms with Crippen molar-refractivity contribution in [1.82, 2.24) is 5.16 Å². The molecule has 0 spiro atoms. The number of rotatable bonds is 6. The van der Waals surface area contributed by atoms with E-state index in [0.29, 0.717) is 17.3 Å². The number of anilines is 2. The molecule has 3 aromatic rings. The quantitative estimate of drug-likeness (QED) is 0.617. The Morgan fingerprint density at radius 2 is 1.81 bits per heavy atom. The van der Waals surface area contributed by atoms with E-state index in [2.05, 4.69) is 10.5 Å². The molecule has 0 saturated heterocycles. The van der Waals surface area contributed by atoms with Crippen LogP contribution in [0.1, 0.15) is 11.5 Å². The summed E-state index contributed by atoms with van der Waals surface area (Å²) in [6.07, 6.45) is 0. The normalized spacial score (nSPS) is 11.4. The molecule has 1 N–H and O–H groups in total. The number of aromatic nitrogens is 1. The zero-order valence-electron chi connectivity index (χ0n) is 14.6. The maximum atomic E-state index is 12.8. The molecule has 0 atom stereocenters. The van der Waals surface area contributed by atoms with Gasteiger partial charge in [-0.15, -0.1) is 0 Å². The molecule has 6 nitrogen and oxygen atoms in total. The molecule has 27 heavy (non-hydrogen) atoms. The molecule has 142 valence electrons. The van der Waals surface area contributed by atoms with E-state index in [4.69, 9.17) is 27.7 Å². The van der Waals surface area contributed by atoms with E-state index in [0.717, 1.165) is 17.1 Å². The van der Waals surface area contributed by atoms with Crippen LogP contribution < -0.4 is 9.62 Å². The number of hydrogen-bond donors (Lipinski definition) is 1. The first-order chi connectivity index (χ1) is 12.8. The van der Waals surface area contributed by atoms with Gasteiger partial charge in [-0.25, -0.2) is 8.42 Å². The van der Waals surface area contributed by atoms with Gasteiger partial charge in [-0.3, -0.25) is 4.31 Å². The fraction of sp³-hybridized carbons (Fsp3) is 0.167. The summed E-state index contributed by atoms with van der Waals surface area (Å²) in [5.41, 5.74) is 2.12. The Labute approximate surface area is 167 Å². The number of hydrogen-bond acceptors (Lipinski definition) is 5. The van der Waals surface area contributed by atoms with Crippen molar-refractivity contribution < 1.29 is 12.9 Å². The Balaban J connectivity index is 1.75. The van der Waals surface area contributed by atoms with E-state index in [9.17, 15) is 8.42 Å². The molecule has 0 aliphatic carbocycles. The predicted octanol–water partition coefficient (Wildman–Crippen LogP) is 4.73. The Bertz CT molecular complexity index is 1050. The van der Waals surface area contributed by atoms with Gasteiger partial charge in [-0.2, -0.15) is 0 Å². The minimum atomic E-state index is -3.80. The van der Waals surface area contributed by atoms with Crippen LogP contribution in [0.4, 0.5) is 11.4 Å². The third-order valence-corrected chi connectivity index (χ3v) is 6.42. The maximum absolute atomic E-state index is 12.8. The van der Waals surface area contributed by atoms with Crippen molar-refractivity contribution in [2.45, 2.75) is 18.4 Å². The van der Waals surface area contributed by atoms with Gasteiger partial charge in [-0.1, -0.05) is 28.4 Å². The van der Waals surface area contributed by atoms with Crippen molar-refractivity contribution in [3.63, 3.8) is 0 Å². The van der Waals surface area contributed by atoms with Gasteiger partial charge in [0.25, 0.3) is 10.0 Å². The van der Waals surface area contributed by atoms with Crippen LogP contribution in [-0.4, -0.2) is 20.6 Å². The highest BCUT2D eigenvalue weighted by Crippen LogP contribution is 2.30. The van der Waals surface area contributed by atoms with Crippen molar-refractivity contribution in [3.05, 3.63) is 70.0 Å². The summed E-state index contributed by atoms with van der Waals surface area (Å²) < 4.78 is 31.8. The molecule has 1 heterocycles. The molecule has 0 bridgehead atoms. The molecule has 3 rings (SSSR count). The fourth-order valence-electron chi connectivity index (χ4n) is 2.45. The lowest BCUT2D eigenvalue weighted by Crippen LogP contribution is -2.26. The fourth-order valence-corrected chi connectivity index (χ4v) is 4.39. The van der Waals surface area contributed by atoms with E-state index in [1.807, 2.05) is 13.0 Å². The second kappa shape index (κ2) is 7.80. The molecule has 0 amide bonds. The van der Waals surface area contributed by atoms with Crippen LogP contribution in [0, 0.1) is 6.92 Å². The summed E-state index contributed by atoms with van der Waals surface area (Å²) in [6.45, 7) is 2.33. The number of benzene rings is 2. The molecule has 9 heteroatoms. The zero-order chi connectivity index (χ0) is 19.6.